The van der Waals surface area contributed by atoms with Crippen LogP contribution in [-0.2, 0) is 4.79 Å². The molecule has 0 aliphatic heterocycles. The fourth-order valence-corrected chi connectivity index (χ4v) is 2.37. The van der Waals surface area contributed by atoms with Crippen LogP contribution in [0.25, 0.3) is 0 Å². The Morgan fingerprint density at radius 3 is 2.44 bits per heavy atom. The summed E-state index contributed by atoms with van der Waals surface area (Å²) in [7, 11) is 0. The third kappa shape index (κ3) is 5.00. The normalized spacial score (nSPS) is 10.4. The number of aldehydes is 1. The van der Waals surface area contributed by atoms with Gasteiger partial charge in [0.1, 0.15) is 17.8 Å². The molecule has 0 bridgehead atoms. The minimum Gasteiger partial charge on any atom is -0.483 e. The molecule has 7 heteroatoms. The smallest absolute Gasteiger partial charge is 0.387 e. The number of rotatable bonds is 7. The van der Waals surface area contributed by atoms with Crippen molar-refractivity contribution < 1.29 is 27.8 Å². The summed E-state index contributed by atoms with van der Waals surface area (Å²) >= 11 is 0. The Bertz CT molecular complexity index is 754. The fourth-order valence-electron chi connectivity index (χ4n) is 2.37. The molecule has 1 N–H and O–H groups in total. The van der Waals surface area contributed by atoms with Gasteiger partial charge < -0.3 is 14.8 Å². The van der Waals surface area contributed by atoms with E-state index in [-0.39, 0.29) is 18.0 Å². The number of aryl methyl sites for hydroxylation is 2. The quantitative estimate of drug-likeness (QED) is 0.774. The maximum absolute atomic E-state index is 12.4. The summed E-state index contributed by atoms with van der Waals surface area (Å²) in [5.41, 5.74) is 2.08. The van der Waals surface area contributed by atoms with E-state index in [4.69, 9.17) is 4.74 Å². The average molecular weight is 349 g/mol. The van der Waals surface area contributed by atoms with Crippen molar-refractivity contribution in [3.05, 3.63) is 53.1 Å². The summed E-state index contributed by atoms with van der Waals surface area (Å²) < 4.78 is 34.6. The second-order valence-electron chi connectivity index (χ2n) is 5.31. The number of benzene rings is 2. The van der Waals surface area contributed by atoms with Gasteiger partial charge in [0.05, 0.1) is 5.69 Å². The molecular formula is C18H17F2NO4. The minimum absolute atomic E-state index is 0.126. The van der Waals surface area contributed by atoms with Gasteiger partial charge in [-0.2, -0.15) is 8.78 Å². The number of halogens is 2. The maximum Gasteiger partial charge on any atom is 0.387 e. The standard InChI is InChI=1S/C18H17F2NO4/c1-11-7-13(9-22)8-12(2)17(11)24-10-16(23)21-14-5-3-4-6-15(14)25-18(19)20/h3-9,18H,10H2,1-2H3,(H,21,23). The summed E-state index contributed by atoms with van der Waals surface area (Å²) in [5, 5.41) is 2.47. The van der Waals surface area contributed by atoms with Crippen LogP contribution in [0.2, 0.25) is 0 Å². The van der Waals surface area contributed by atoms with Gasteiger partial charge in [0.25, 0.3) is 5.91 Å². The Morgan fingerprint density at radius 2 is 1.84 bits per heavy atom. The summed E-state index contributed by atoms with van der Waals surface area (Å²) in [6.07, 6.45) is 0.733. The highest BCUT2D eigenvalue weighted by molar-refractivity contribution is 5.93. The number of alkyl halides is 2. The zero-order valence-electron chi connectivity index (χ0n) is 13.7. The molecule has 0 aliphatic rings. The fraction of sp³-hybridized carbons (Fsp3) is 0.222. The van der Waals surface area contributed by atoms with Crippen molar-refractivity contribution in [1.82, 2.24) is 0 Å². The van der Waals surface area contributed by atoms with Gasteiger partial charge in [-0.25, -0.2) is 0 Å². The molecule has 0 fully saturated rings. The molecule has 0 atom stereocenters. The molecule has 0 spiro atoms. The number of anilines is 1. The van der Waals surface area contributed by atoms with Crippen LogP contribution in [0.5, 0.6) is 11.5 Å². The lowest BCUT2D eigenvalue weighted by atomic mass is 10.1. The summed E-state index contributed by atoms with van der Waals surface area (Å²) in [5.74, 6) is -0.157. The second-order valence-corrected chi connectivity index (χ2v) is 5.31. The van der Waals surface area contributed by atoms with Crippen molar-refractivity contribution in [2.45, 2.75) is 20.5 Å². The number of carbonyl (C=O) groups is 2. The summed E-state index contributed by atoms with van der Waals surface area (Å²) in [4.78, 5) is 22.9. The predicted molar refractivity (Wildman–Crippen MR) is 88.5 cm³/mol. The Morgan fingerprint density at radius 1 is 1.20 bits per heavy atom. The van der Waals surface area contributed by atoms with Crippen molar-refractivity contribution in [1.29, 1.82) is 0 Å². The number of ether oxygens (including phenoxy) is 2. The molecule has 2 aromatic rings. The first-order valence-electron chi connectivity index (χ1n) is 7.43. The lowest BCUT2D eigenvalue weighted by Gasteiger charge is -2.14. The molecule has 2 aromatic carbocycles. The van der Waals surface area contributed by atoms with Gasteiger partial charge in [-0.1, -0.05) is 12.1 Å². The van der Waals surface area contributed by atoms with E-state index < -0.39 is 12.5 Å². The Kier molecular flexibility index (Phi) is 6.05. The van der Waals surface area contributed by atoms with Gasteiger partial charge in [0, 0.05) is 5.56 Å². The van der Waals surface area contributed by atoms with Crippen LogP contribution in [0.15, 0.2) is 36.4 Å². The van der Waals surface area contributed by atoms with E-state index in [2.05, 4.69) is 10.1 Å². The molecule has 0 aliphatic carbocycles. The largest absolute Gasteiger partial charge is 0.483 e. The molecule has 5 nitrogen and oxygen atoms in total. The lowest BCUT2D eigenvalue weighted by molar-refractivity contribution is -0.118. The van der Waals surface area contributed by atoms with E-state index in [1.807, 2.05) is 0 Å². The van der Waals surface area contributed by atoms with E-state index in [9.17, 15) is 18.4 Å². The summed E-state index contributed by atoms with van der Waals surface area (Å²) in [6, 6.07) is 9.19. The highest BCUT2D eigenvalue weighted by atomic mass is 19.3. The average Bonchev–Trinajstić information content (AvgIpc) is 2.55. The van der Waals surface area contributed by atoms with Crippen molar-refractivity contribution in [3.63, 3.8) is 0 Å². The first-order valence-corrected chi connectivity index (χ1v) is 7.43. The van der Waals surface area contributed by atoms with Gasteiger partial charge in [0.15, 0.2) is 6.61 Å². The molecule has 0 saturated carbocycles. The zero-order valence-corrected chi connectivity index (χ0v) is 13.7. The third-order valence-corrected chi connectivity index (χ3v) is 3.34. The first-order chi connectivity index (χ1) is 11.9. The van der Waals surface area contributed by atoms with E-state index >= 15 is 0 Å². The van der Waals surface area contributed by atoms with E-state index in [1.54, 1.807) is 32.0 Å². The Balaban J connectivity index is 2.04. The number of amides is 1. The SMILES string of the molecule is Cc1cc(C=O)cc(C)c1OCC(=O)Nc1ccccc1OC(F)F. The van der Waals surface area contributed by atoms with Crippen LogP contribution in [-0.4, -0.2) is 25.4 Å². The van der Waals surface area contributed by atoms with Crippen molar-refractivity contribution in [2.24, 2.45) is 0 Å². The number of para-hydroxylation sites is 2. The maximum atomic E-state index is 12.4. The molecule has 132 valence electrons. The molecule has 0 radical (unpaired) electrons. The van der Waals surface area contributed by atoms with Crippen LogP contribution >= 0.6 is 0 Å². The molecule has 0 saturated heterocycles. The second kappa shape index (κ2) is 8.23. The Labute approximate surface area is 143 Å². The Hall–Kier alpha value is -2.96. The predicted octanol–water partition coefficient (Wildman–Crippen LogP) is 3.73. The highest BCUT2D eigenvalue weighted by Crippen LogP contribution is 2.26. The topological polar surface area (TPSA) is 64.6 Å². The lowest BCUT2D eigenvalue weighted by Crippen LogP contribution is -2.21. The van der Waals surface area contributed by atoms with Gasteiger partial charge in [-0.15, -0.1) is 0 Å². The number of hydrogen-bond donors (Lipinski definition) is 1. The zero-order chi connectivity index (χ0) is 18.4. The first kappa shape index (κ1) is 18.4. The molecule has 0 aromatic heterocycles. The van der Waals surface area contributed by atoms with Crippen LogP contribution in [0.4, 0.5) is 14.5 Å². The molecule has 2 rings (SSSR count). The van der Waals surface area contributed by atoms with Crippen LogP contribution in [0.3, 0.4) is 0 Å². The van der Waals surface area contributed by atoms with Crippen molar-refractivity contribution in [3.8, 4) is 11.5 Å². The highest BCUT2D eigenvalue weighted by Gasteiger charge is 2.13. The van der Waals surface area contributed by atoms with E-state index in [0.29, 0.717) is 11.3 Å². The number of hydrogen-bond acceptors (Lipinski definition) is 4. The van der Waals surface area contributed by atoms with Gasteiger partial charge in [-0.05, 0) is 49.2 Å². The summed E-state index contributed by atoms with van der Waals surface area (Å²) in [6.45, 7) is 0.222. The van der Waals surface area contributed by atoms with Crippen LogP contribution < -0.4 is 14.8 Å². The third-order valence-electron chi connectivity index (χ3n) is 3.34. The molecule has 25 heavy (non-hydrogen) atoms. The van der Waals surface area contributed by atoms with Crippen LogP contribution in [0, 0.1) is 13.8 Å². The van der Waals surface area contributed by atoms with E-state index in [0.717, 1.165) is 17.4 Å². The molecular weight excluding hydrogens is 332 g/mol. The number of carbonyl (C=O) groups excluding carboxylic acids is 2. The van der Waals surface area contributed by atoms with Crippen LogP contribution in [0.1, 0.15) is 21.5 Å². The van der Waals surface area contributed by atoms with E-state index in [1.165, 1.54) is 18.2 Å². The van der Waals surface area contributed by atoms with Crippen molar-refractivity contribution >= 4 is 17.9 Å². The van der Waals surface area contributed by atoms with Gasteiger partial charge in [-0.3, -0.25) is 9.59 Å². The molecule has 1 amide bonds. The minimum atomic E-state index is -2.99. The molecule has 0 heterocycles. The van der Waals surface area contributed by atoms with Gasteiger partial charge in [0.2, 0.25) is 0 Å². The molecule has 0 unspecified atom stereocenters. The van der Waals surface area contributed by atoms with Gasteiger partial charge >= 0.3 is 6.61 Å². The number of nitrogens with one attached hydrogen (secondary N) is 1. The van der Waals surface area contributed by atoms with Crippen molar-refractivity contribution in [2.75, 3.05) is 11.9 Å². The monoisotopic (exact) mass is 349 g/mol.